The van der Waals surface area contributed by atoms with Crippen molar-refractivity contribution in [1.82, 2.24) is 19.2 Å². The van der Waals surface area contributed by atoms with Crippen molar-refractivity contribution in [2.45, 2.75) is 18.1 Å². The first-order chi connectivity index (χ1) is 9.98. The zero-order chi connectivity index (χ0) is 15.0. The third-order valence-electron chi connectivity index (χ3n) is 3.73. The molecule has 8 nitrogen and oxygen atoms in total. The Balaban J connectivity index is 1.66. The molecule has 0 bridgehead atoms. The lowest BCUT2D eigenvalue weighted by Crippen LogP contribution is -2.51. The van der Waals surface area contributed by atoms with Crippen molar-refractivity contribution in [2.24, 2.45) is 0 Å². The van der Waals surface area contributed by atoms with E-state index in [1.807, 2.05) is 0 Å². The van der Waals surface area contributed by atoms with Gasteiger partial charge in [-0.15, -0.1) is 0 Å². The number of carbonyl (C=O) groups is 1. The van der Waals surface area contributed by atoms with E-state index in [9.17, 15) is 18.0 Å². The molecule has 2 fully saturated rings. The molecule has 2 aliphatic rings. The summed E-state index contributed by atoms with van der Waals surface area (Å²) in [6, 6.07) is 1.15. The fourth-order valence-corrected chi connectivity index (χ4v) is 4.20. The molecule has 3 rings (SSSR count). The van der Waals surface area contributed by atoms with Crippen molar-refractivity contribution in [3.05, 3.63) is 28.4 Å². The van der Waals surface area contributed by atoms with Crippen molar-refractivity contribution in [3.63, 3.8) is 0 Å². The molecule has 1 amide bonds. The molecule has 0 radical (unpaired) electrons. The average molecular weight is 312 g/mol. The molecule has 0 aromatic carbocycles. The van der Waals surface area contributed by atoms with Crippen LogP contribution in [0, 0.1) is 0 Å². The zero-order valence-corrected chi connectivity index (χ0v) is 12.2. The molecule has 9 heteroatoms. The number of hydrogen-bond acceptors (Lipinski definition) is 5. The van der Waals surface area contributed by atoms with Crippen LogP contribution in [-0.2, 0) is 10.0 Å². The molecular weight excluding hydrogens is 296 g/mol. The largest absolute Gasteiger partial charge is 0.335 e. The van der Waals surface area contributed by atoms with Gasteiger partial charge in [0.15, 0.2) is 0 Å². The van der Waals surface area contributed by atoms with Gasteiger partial charge in [-0.05, 0) is 12.8 Å². The van der Waals surface area contributed by atoms with Gasteiger partial charge in [-0.25, -0.2) is 13.4 Å². The first-order valence-electron chi connectivity index (χ1n) is 6.81. The first kappa shape index (κ1) is 14.2. The lowest BCUT2D eigenvalue weighted by Gasteiger charge is -2.33. The van der Waals surface area contributed by atoms with Crippen LogP contribution in [0.4, 0.5) is 0 Å². The number of amides is 1. The molecular formula is C12H16N4O4S. The summed E-state index contributed by atoms with van der Waals surface area (Å²) in [6.45, 7) is 1.24. The number of aromatic nitrogens is 2. The molecule has 1 saturated carbocycles. The van der Waals surface area contributed by atoms with Gasteiger partial charge in [0.25, 0.3) is 11.5 Å². The van der Waals surface area contributed by atoms with Crippen LogP contribution in [0.3, 0.4) is 0 Å². The molecule has 0 spiro atoms. The molecule has 1 N–H and O–H groups in total. The number of hydrogen-bond donors (Lipinski definition) is 1. The Kier molecular flexibility index (Phi) is 3.54. The minimum Gasteiger partial charge on any atom is -0.335 e. The van der Waals surface area contributed by atoms with Crippen LogP contribution in [0.2, 0.25) is 0 Å². The van der Waals surface area contributed by atoms with Gasteiger partial charge in [0, 0.05) is 32.2 Å². The van der Waals surface area contributed by atoms with Gasteiger partial charge < -0.3 is 9.88 Å². The molecule has 1 aliphatic carbocycles. The van der Waals surface area contributed by atoms with Gasteiger partial charge in [-0.2, -0.15) is 4.31 Å². The summed E-state index contributed by atoms with van der Waals surface area (Å²) in [7, 11) is -3.18. The summed E-state index contributed by atoms with van der Waals surface area (Å²) >= 11 is 0. The van der Waals surface area contributed by atoms with Crippen LogP contribution in [0.1, 0.15) is 23.3 Å². The monoisotopic (exact) mass is 312 g/mol. The average Bonchev–Trinajstić information content (AvgIpc) is 3.32. The number of sulfonamides is 1. The number of nitrogens with zero attached hydrogens (tertiary/aromatic N) is 3. The van der Waals surface area contributed by atoms with Crippen molar-refractivity contribution < 1.29 is 13.2 Å². The topological polar surface area (TPSA) is 103 Å². The van der Waals surface area contributed by atoms with Crippen LogP contribution in [-0.4, -0.2) is 64.9 Å². The molecule has 1 aromatic heterocycles. The van der Waals surface area contributed by atoms with E-state index in [-0.39, 0.29) is 22.4 Å². The van der Waals surface area contributed by atoms with E-state index in [1.165, 1.54) is 15.5 Å². The van der Waals surface area contributed by atoms with Gasteiger partial charge in [-0.3, -0.25) is 9.59 Å². The fraction of sp³-hybridized carbons (Fsp3) is 0.583. The van der Waals surface area contributed by atoms with Crippen LogP contribution >= 0.6 is 0 Å². The first-order valence-corrected chi connectivity index (χ1v) is 8.32. The lowest BCUT2D eigenvalue weighted by atomic mass is 10.3. The highest BCUT2D eigenvalue weighted by molar-refractivity contribution is 7.90. The maximum Gasteiger partial charge on any atom is 0.272 e. The number of aromatic amines is 1. The smallest absolute Gasteiger partial charge is 0.272 e. The third-order valence-corrected chi connectivity index (χ3v) is 6.13. The Hall–Kier alpha value is -1.74. The Morgan fingerprint density at radius 1 is 1.24 bits per heavy atom. The summed E-state index contributed by atoms with van der Waals surface area (Å²) in [5.74, 6) is -0.343. The second-order valence-electron chi connectivity index (χ2n) is 5.23. The van der Waals surface area contributed by atoms with Gasteiger partial charge in [0.05, 0.1) is 11.6 Å². The number of rotatable bonds is 3. The highest BCUT2D eigenvalue weighted by Crippen LogP contribution is 2.31. The molecule has 1 saturated heterocycles. The van der Waals surface area contributed by atoms with Gasteiger partial charge >= 0.3 is 0 Å². The Morgan fingerprint density at radius 3 is 2.48 bits per heavy atom. The summed E-state index contributed by atoms with van der Waals surface area (Å²) < 4.78 is 25.7. The standard InChI is InChI=1S/C12H16N4O4S/c17-11-7-10(13-8-14-11)12(18)15-3-5-16(6-4-15)21(19,20)9-1-2-9/h7-9H,1-6H2,(H,13,14,17). The van der Waals surface area contributed by atoms with Crippen LogP contribution in [0.5, 0.6) is 0 Å². The molecule has 0 unspecified atom stereocenters. The van der Waals surface area contributed by atoms with E-state index in [4.69, 9.17) is 0 Å². The SMILES string of the molecule is O=C(c1cc(=O)[nH]cn1)N1CCN(S(=O)(=O)C2CC2)CC1. The van der Waals surface area contributed by atoms with Crippen molar-refractivity contribution in [3.8, 4) is 0 Å². The second-order valence-corrected chi connectivity index (χ2v) is 7.44. The molecule has 21 heavy (non-hydrogen) atoms. The number of H-pyrrole nitrogens is 1. The maximum absolute atomic E-state index is 12.2. The number of piperazine rings is 1. The maximum atomic E-state index is 12.2. The summed E-state index contributed by atoms with van der Waals surface area (Å²) in [6.07, 6.45) is 2.65. The number of carbonyl (C=O) groups excluding carboxylic acids is 1. The molecule has 1 aromatic rings. The second kappa shape index (κ2) is 5.23. The predicted octanol–water partition coefficient (Wildman–Crippen LogP) is -0.980. The predicted molar refractivity (Wildman–Crippen MR) is 74.3 cm³/mol. The quantitative estimate of drug-likeness (QED) is 0.772. The van der Waals surface area contributed by atoms with Crippen LogP contribution in [0.15, 0.2) is 17.2 Å². The van der Waals surface area contributed by atoms with Gasteiger partial charge in [0.1, 0.15) is 5.69 Å². The highest BCUT2D eigenvalue weighted by Gasteiger charge is 2.41. The summed E-state index contributed by atoms with van der Waals surface area (Å²) in [5, 5.41) is -0.228. The van der Waals surface area contributed by atoms with E-state index in [0.29, 0.717) is 26.2 Å². The fourth-order valence-electron chi connectivity index (χ4n) is 2.37. The Labute approximate surface area is 121 Å². The third kappa shape index (κ3) is 2.84. The van der Waals surface area contributed by atoms with Crippen molar-refractivity contribution >= 4 is 15.9 Å². The molecule has 1 aliphatic heterocycles. The lowest BCUT2D eigenvalue weighted by molar-refractivity contribution is 0.0691. The minimum absolute atomic E-state index is 0.0808. The van der Waals surface area contributed by atoms with E-state index in [2.05, 4.69) is 9.97 Å². The highest BCUT2D eigenvalue weighted by atomic mass is 32.2. The number of nitrogens with one attached hydrogen (secondary N) is 1. The van der Waals surface area contributed by atoms with Crippen LogP contribution in [0.25, 0.3) is 0 Å². The van der Waals surface area contributed by atoms with Gasteiger partial charge in [-0.1, -0.05) is 0 Å². The zero-order valence-electron chi connectivity index (χ0n) is 11.4. The Morgan fingerprint density at radius 2 is 1.90 bits per heavy atom. The minimum atomic E-state index is -3.18. The van der Waals surface area contributed by atoms with E-state index in [1.54, 1.807) is 0 Å². The molecule has 114 valence electrons. The summed E-state index contributed by atoms with van der Waals surface area (Å²) in [4.78, 5) is 31.1. The van der Waals surface area contributed by atoms with Crippen molar-refractivity contribution in [2.75, 3.05) is 26.2 Å². The van der Waals surface area contributed by atoms with E-state index < -0.39 is 10.0 Å². The van der Waals surface area contributed by atoms with Crippen LogP contribution < -0.4 is 5.56 Å². The summed E-state index contributed by atoms with van der Waals surface area (Å²) in [5.41, 5.74) is -0.305. The molecule has 2 heterocycles. The molecule has 0 atom stereocenters. The van der Waals surface area contributed by atoms with E-state index in [0.717, 1.165) is 18.9 Å². The van der Waals surface area contributed by atoms with Gasteiger partial charge in [0.2, 0.25) is 10.0 Å². The van der Waals surface area contributed by atoms with Crippen molar-refractivity contribution in [1.29, 1.82) is 0 Å². The normalized spacial score (nSPS) is 20.5. The van der Waals surface area contributed by atoms with E-state index >= 15 is 0 Å². The Bertz CT molecular complexity index is 702.